The predicted octanol–water partition coefficient (Wildman–Crippen LogP) is 2.64. The molecular weight excluding hydrogens is 240 g/mol. The molecule has 1 heterocycles. The topological polar surface area (TPSA) is 98.0 Å². The van der Waals surface area contributed by atoms with E-state index in [0.29, 0.717) is 11.5 Å². The number of nitrogens with two attached hydrogens (primary N) is 2. The van der Waals surface area contributed by atoms with Gasteiger partial charge in [-0.2, -0.15) is 10.2 Å². The Balaban J connectivity index is 2.81. The number of nitrogens with zero attached hydrogens (tertiary/aromatic N) is 2. The average molecular weight is 262 g/mol. The Kier molecular flexibility index (Phi) is 5.94. The van der Waals surface area contributed by atoms with Gasteiger partial charge in [-0.1, -0.05) is 32.6 Å². The second-order valence-corrected chi connectivity index (χ2v) is 4.55. The van der Waals surface area contributed by atoms with Crippen molar-refractivity contribution in [1.29, 1.82) is 5.26 Å². The number of methoxy groups -OCH3 is 1. The molecule has 0 spiro atoms. The fourth-order valence-electron chi connectivity index (χ4n) is 2.06. The van der Waals surface area contributed by atoms with Crippen molar-refractivity contribution in [3.8, 4) is 11.9 Å². The van der Waals surface area contributed by atoms with Crippen LogP contribution >= 0.6 is 0 Å². The molecule has 1 aromatic heterocycles. The molecule has 0 aliphatic carbocycles. The number of nitriles is 1. The Hall–Kier alpha value is -1.96. The minimum Gasteiger partial charge on any atom is -0.480 e. The standard InChI is InChI=1S/C14H22N4O/c1-3-4-5-6-7-8-10-12(16)11(9-15)14(19-2)18-13(10)17/h3-8H2,1-2H3,(H4,16,17,18). The molecule has 0 bridgehead atoms. The summed E-state index contributed by atoms with van der Waals surface area (Å²) in [4.78, 5) is 4.09. The minimum absolute atomic E-state index is 0.201. The van der Waals surface area contributed by atoms with Crippen LogP contribution in [0.2, 0.25) is 0 Å². The summed E-state index contributed by atoms with van der Waals surface area (Å²) in [6.07, 6.45) is 6.58. The summed E-state index contributed by atoms with van der Waals surface area (Å²) in [5, 5.41) is 9.10. The largest absolute Gasteiger partial charge is 0.480 e. The van der Waals surface area contributed by atoms with Crippen molar-refractivity contribution < 1.29 is 4.74 Å². The molecule has 0 fully saturated rings. The molecule has 1 rings (SSSR count). The smallest absolute Gasteiger partial charge is 0.235 e. The predicted molar refractivity (Wildman–Crippen MR) is 76.8 cm³/mol. The van der Waals surface area contributed by atoms with Crippen LogP contribution in [0.15, 0.2) is 0 Å². The summed E-state index contributed by atoms with van der Waals surface area (Å²) >= 11 is 0. The monoisotopic (exact) mass is 262 g/mol. The average Bonchev–Trinajstić information content (AvgIpc) is 2.41. The summed E-state index contributed by atoms with van der Waals surface area (Å²) in [5.41, 5.74) is 13.3. The summed E-state index contributed by atoms with van der Waals surface area (Å²) in [5.74, 6) is 0.566. The number of anilines is 2. The molecule has 104 valence electrons. The lowest BCUT2D eigenvalue weighted by Crippen LogP contribution is -2.08. The van der Waals surface area contributed by atoms with E-state index >= 15 is 0 Å². The number of pyridine rings is 1. The fraction of sp³-hybridized carbons (Fsp3) is 0.571. The minimum atomic E-state index is 0.201. The van der Waals surface area contributed by atoms with Crippen molar-refractivity contribution >= 4 is 11.5 Å². The van der Waals surface area contributed by atoms with Gasteiger partial charge in [0.15, 0.2) is 0 Å². The van der Waals surface area contributed by atoms with E-state index in [0.717, 1.165) is 24.8 Å². The highest BCUT2D eigenvalue weighted by Crippen LogP contribution is 2.30. The highest BCUT2D eigenvalue weighted by Gasteiger charge is 2.16. The molecule has 19 heavy (non-hydrogen) atoms. The molecule has 0 radical (unpaired) electrons. The number of hydrogen-bond donors (Lipinski definition) is 2. The van der Waals surface area contributed by atoms with E-state index in [2.05, 4.69) is 11.9 Å². The third kappa shape index (κ3) is 3.75. The lowest BCUT2D eigenvalue weighted by molar-refractivity contribution is 0.397. The van der Waals surface area contributed by atoms with Crippen molar-refractivity contribution in [2.75, 3.05) is 18.6 Å². The van der Waals surface area contributed by atoms with E-state index < -0.39 is 0 Å². The maximum Gasteiger partial charge on any atom is 0.235 e. The Bertz CT molecular complexity index is 465. The maximum atomic E-state index is 9.10. The number of aromatic nitrogens is 1. The van der Waals surface area contributed by atoms with E-state index in [9.17, 15) is 0 Å². The zero-order valence-electron chi connectivity index (χ0n) is 11.7. The Labute approximate surface area is 114 Å². The number of rotatable bonds is 7. The van der Waals surface area contributed by atoms with Gasteiger partial charge >= 0.3 is 0 Å². The van der Waals surface area contributed by atoms with Crippen LogP contribution in [0, 0.1) is 11.3 Å². The van der Waals surface area contributed by atoms with Gasteiger partial charge in [0, 0.05) is 5.56 Å². The van der Waals surface area contributed by atoms with E-state index in [1.54, 1.807) is 0 Å². The normalized spacial score (nSPS) is 10.2. The Morgan fingerprint density at radius 3 is 2.47 bits per heavy atom. The first-order valence-corrected chi connectivity index (χ1v) is 6.67. The van der Waals surface area contributed by atoms with Crippen molar-refractivity contribution in [3.05, 3.63) is 11.1 Å². The molecule has 0 amide bonds. The molecular formula is C14H22N4O. The van der Waals surface area contributed by atoms with E-state index in [-0.39, 0.29) is 11.4 Å². The second kappa shape index (κ2) is 7.47. The lowest BCUT2D eigenvalue weighted by Gasteiger charge is -2.12. The van der Waals surface area contributed by atoms with Crippen LogP contribution < -0.4 is 16.2 Å². The van der Waals surface area contributed by atoms with Crippen LogP contribution in [0.25, 0.3) is 0 Å². The highest BCUT2D eigenvalue weighted by atomic mass is 16.5. The summed E-state index contributed by atoms with van der Waals surface area (Å²) in [6.45, 7) is 2.18. The number of nitrogen functional groups attached to an aromatic ring is 2. The first-order valence-electron chi connectivity index (χ1n) is 6.67. The van der Waals surface area contributed by atoms with Gasteiger partial charge in [-0.25, -0.2) is 0 Å². The third-order valence-corrected chi connectivity index (χ3v) is 3.17. The quantitative estimate of drug-likeness (QED) is 0.736. The third-order valence-electron chi connectivity index (χ3n) is 3.17. The van der Waals surface area contributed by atoms with Gasteiger partial charge in [-0.15, -0.1) is 0 Å². The van der Waals surface area contributed by atoms with Crippen LogP contribution in [-0.2, 0) is 6.42 Å². The summed E-state index contributed by atoms with van der Waals surface area (Å²) in [6, 6.07) is 2.03. The van der Waals surface area contributed by atoms with Gasteiger partial charge in [-0.05, 0) is 12.8 Å². The van der Waals surface area contributed by atoms with Gasteiger partial charge in [0.2, 0.25) is 5.88 Å². The van der Waals surface area contributed by atoms with Crippen LogP contribution in [-0.4, -0.2) is 12.1 Å². The van der Waals surface area contributed by atoms with Crippen molar-refractivity contribution in [2.24, 2.45) is 0 Å². The molecule has 4 N–H and O–H groups in total. The van der Waals surface area contributed by atoms with Crippen molar-refractivity contribution in [1.82, 2.24) is 4.98 Å². The second-order valence-electron chi connectivity index (χ2n) is 4.55. The summed E-state index contributed by atoms with van der Waals surface area (Å²) < 4.78 is 5.02. The van der Waals surface area contributed by atoms with Gasteiger partial charge in [0.05, 0.1) is 12.8 Å². The molecule has 5 nitrogen and oxygen atoms in total. The maximum absolute atomic E-state index is 9.10. The van der Waals surface area contributed by atoms with Crippen LogP contribution in [0.1, 0.15) is 50.2 Å². The molecule has 0 saturated carbocycles. The molecule has 1 aromatic rings. The SMILES string of the molecule is CCCCCCCc1c(N)nc(OC)c(C#N)c1N. The molecule has 5 heteroatoms. The molecule has 0 aromatic carbocycles. The first kappa shape index (κ1) is 15.1. The molecule has 0 unspecified atom stereocenters. The van der Waals surface area contributed by atoms with Gasteiger partial charge in [-0.3, -0.25) is 0 Å². The molecule has 0 saturated heterocycles. The lowest BCUT2D eigenvalue weighted by atomic mass is 10.0. The van der Waals surface area contributed by atoms with Crippen molar-refractivity contribution in [3.63, 3.8) is 0 Å². The number of unbranched alkanes of at least 4 members (excludes halogenated alkanes) is 4. The molecule has 0 atom stereocenters. The molecule has 0 aliphatic heterocycles. The zero-order valence-corrected chi connectivity index (χ0v) is 11.7. The van der Waals surface area contributed by atoms with Gasteiger partial charge in [0.1, 0.15) is 17.5 Å². The number of hydrogen-bond acceptors (Lipinski definition) is 5. The van der Waals surface area contributed by atoms with Crippen molar-refractivity contribution in [2.45, 2.75) is 45.4 Å². The van der Waals surface area contributed by atoms with Crippen LogP contribution in [0.4, 0.5) is 11.5 Å². The highest BCUT2D eigenvalue weighted by molar-refractivity contribution is 5.69. The van der Waals surface area contributed by atoms with E-state index in [1.807, 2.05) is 6.07 Å². The zero-order chi connectivity index (χ0) is 14.3. The van der Waals surface area contributed by atoms with Crippen LogP contribution in [0.3, 0.4) is 0 Å². The molecule has 0 aliphatic rings. The number of ether oxygens (including phenoxy) is 1. The van der Waals surface area contributed by atoms with Gasteiger partial charge in [0.25, 0.3) is 0 Å². The first-order chi connectivity index (χ1) is 9.15. The summed E-state index contributed by atoms with van der Waals surface area (Å²) in [7, 11) is 1.45. The van der Waals surface area contributed by atoms with Gasteiger partial charge < -0.3 is 16.2 Å². The van der Waals surface area contributed by atoms with E-state index in [4.69, 9.17) is 21.5 Å². The fourth-order valence-corrected chi connectivity index (χ4v) is 2.06. The van der Waals surface area contributed by atoms with Crippen LogP contribution in [0.5, 0.6) is 5.88 Å². The Morgan fingerprint density at radius 2 is 1.89 bits per heavy atom. The van der Waals surface area contributed by atoms with E-state index in [1.165, 1.54) is 26.4 Å². The Morgan fingerprint density at radius 1 is 1.21 bits per heavy atom.